The summed E-state index contributed by atoms with van der Waals surface area (Å²) in [6.45, 7) is 0. The third kappa shape index (κ3) is 2.11. The molecule has 0 radical (unpaired) electrons. The number of pyridine rings is 1. The Hall–Kier alpha value is -2.19. The molecule has 3 heterocycles. The molecule has 0 amide bonds. The number of benzene rings is 1. The van der Waals surface area contributed by atoms with E-state index in [4.69, 9.17) is 11.6 Å². The minimum absolute atomic E-state index is 0.261. The van der Waals surface area contributed by atoms with Gasteiger partial charge < -0.3 is 0 Å². The van der Waals surface area contributed by atoms with Gasteiger partial charge in [-0.2, -0.15) is 18.4 Å². The van der Waals surface area contributed by atoms with Gasteiger partial charge in [0.2, 0.25) is 10.8 Å². The monoisotopic (exact) mass is 337 g/mol. The first-order valence-electron chi connectivity index (χ1n) is 6.17. The van der Waals surface area contributed by atoms with Crippen molar-refractivity contribution in [3.63, 3.8) is 0 Å². The van der Waals surface area contributed by atoms with Gasteiger partial charge in [-0.25, -0.2) is 0 Å². The first-order valence-corrected chi connectivity index (χ1v) is 7.36. The molecule has 0 aliphatic carbocycles. The predicted molar refractivity (Wildman–Crippen MR) is 79.1 cm³/mol. The Morgan fingerprint density at radius 1 is 1.18 bits per heavy atom. The highest BCUT2D eigenvalue weighted by Crippen LogP contribution is 2.34. The molecule has 4 rings (SSSR count). The molecule has 0 atom stereocenters. The molecule has 0 bridgehead atoms. The van der Waals surface area contributed by atoms with Gasteiger partial charge in [0.25, 0.3) is 0 Å². The summed E-state index contributed by atoms with van der Waals surface area (Å²) in [5, 5.41) is 9.09. The van der Waals surface area contributed by atoms with E-state index in [1.54, 1.807) is 6.20 Å². The molecule has 0 spiro atoms. The predicted octanol–water partition coefficient (Wildman–Crippen LogP) is 3.69. The Bertz CT molecular complexity index is 991. The zero-order valence-corrected chi connectivity index (χ0v) is 12.3. The molecule has 9 heteroatoms. The molecule has 1 aromatic carbocycles. The van der Waals surface area contributed by atoms with Crippen LogP contribution >= 0.6 is 22.9 Å². The van der Waals surface area contributed by atoms with Crippen molar-refractivity contribution >= 4 is 38.8 Å². The molecule has 3 aromatic heterocycles. The van der Waals surface area contributed by atoms with Crippen LogP contribution in [0.4, 0.5) is 8.78 Å². The van der Waals surface area contributed by atoms with Crippen molar-refractivity contribution in [3.05, 3.63) is 42.4 Å². The normalized spacial score (nSPS) is 12.3. The maximum atomic E-state index is 13.2. The van der Waals surface area contributed by atoms with E-state index in [-0.39, 0.29) is 4.96 Å². The second-order valence-electron chi connectivity index (χ2n) is 4.53. The summed E-state index contributed by atoms with van der Waals surface area (Å²) >= 11 is 6.17. The zero-order chi connectivity index (χ0) is 15.3. The quantitative estimate of drug-likeness (QED) is 0.523. The first-order chi connectivity index (χ1) is 10.5. The molecule has 0 fully saturated rings. The molecule has 5 nitrogen and oxygen atoms in total. The Morgan fingerprint density at radius 3 is 2.86 bits per heavy atom. The minimum Gasteiger partial charge on any atom is -0.256 e. The highest BCUT2D eigenvalue weighted by atomic mass is 35.5. The lowest BCUT2D eigenvalue weighted by molar-refractivity contribution is 0.0821. The van der Waals surface area contributed by atoms with Gasteiger partial charge in [-0.1, -0.05) is 17.4 Å². The minimum atomic E-state index is -3.61. The van der Waals surface area contributed by atoms with E-state index in [1.807, 2.05) is 30.3 Å². The van der Waals surface area contributed by atoms with Crippen molar-refractivity contribution in [2.75, 3.05) is 0 Å². The molecular weight excluding hydrogens is 332 g/mol. The lowest BCUT2D eigenvalue weighted by atomic mass is 10.1. The standard InChI is InChI=1S/C13H6ClF2N5S/c14-13(15,16)11-18-19-12-21(11)20-10(22-12)8-3-4-9-7(6-8)2-1-5-17-9/h1-6H. The van der Waals surface area contributed by atoms with Crippen molar-refractivity contribution in [3.8, 4) is 10.6 Å². The van der Waals surface area contributed by atoms with Crippen molar-refractivity contribution in [1.29, 1.82) is 0 Å². The molecule has 0 aliphatic heterocycles. The van der Waals surface area contributed by atoms with Gasteiger partial charge in [-0.15, -0.1) is 10.2 Å². The highest BCUT2D eigenvalue weighted by molar-refractivity contribution is 7.19. The van der Waals surface area contributed by atoms with Gasteiger partial charge in [0.05, 0.1) is 5.52 Å². The molecule has 22 heavy (non-hydrogen) atoms. The molecule has 4 aromatic rings. The van der Waals surface area contributed by atoms with Crippen LogP contribution in [0.15, 0.2) is 36.5 Å². The van der Waals surface area contributed by atoms with Crippen LogP contribution < -0.4 is 0 Å². The van der Waals surface area contributed by atoms with Gasteiger partial charge in [0.1, 0.15) is 5.01 Å². The molecule has 0 saturated carbocycles. The zero-order valence-electron chi connectivity index (χ0n) is 10.7. The fraction of sp³-hybridized carbons (Fsp3) is 0.0769. The van der Waals surface area contributed by atoms with Crippen LogP contribution in [-0.2, 0) is 5.38 Å². The molecule has 0 aliphatic rings. The highest BCUT2D eigenvalue weighted by Gasteiger charge is 2.35. The van der Waals surface area contributed by atoms with Gasteiger partial charge in [0.15, 0.2) is 0 Å². The van der Waals surface area contributed by atoms with E-state index >= 15 is 0 Å². The second-order valence-corrected chi connectivity index (χ2v) is 5.96. The van der Waals surface area contributed by atoms with Crippen molar-refractivity contribution in [1.82, 2.24) is 24.8 Å². The van der Waals surface area contributed by atoms with Crippen molar-refractivity contribution < 1.29 is 8.78 Å². The third-order valence-electron chi connectivity index (χ3n) is 3.09. The smallest absolute Gasteiger partial charge is 0.256 e. The number of hydrogen-bond acceptors (Lipinski definition) is 5. The van der Waals surface area contributed by atoms with Crippen LogP contribution in [-0.4, -0.2) is 24.8 Å². The topological polar surface area (TPSA) is 56.0 Å². The summed E-state index contributed by atoms with van der Waals surface area (Å²) in [4.78, 5) is 4.49. The Kier molecular flexibility index (Phi) is 2.85. The maximum absolute atomic E-state index is 13.2. The van der Waals surface area contributed by atoms with E-state index in [2.05, 4.69) is 20.3 Å². The van der Waals surface area contributed by atoms with Gasteiger partial charge in [-0.05, 0) is 35.9 Å². The number of halogens is 3. The summed E-state index contributed by atoms with van der Waals surface area (Å²) < 4.78 is 27.4. The van der Waals surface area contributed by atoms with E-state index < -0.39 is 11.2 Å². The fourth-order valence-corrected chi connectivity index (χ4v) is 3.07. The number of alkyl halides is 3. The SMILES string of the molecule is FC(F)(Cl)c1nnc2sc(-c3ccc4ncccc4c3)nn12. The van der Waals surface area contributed by atoms with Crippen LogP contribution in [0, 0.1) is 0 Å². The van der Waals surface area contributed by atoms with Crippen LogP contribution in [0.3, 0.4) is 0 Å². The summed E-state index contributed by atoms with van der Waals surface area (Å²) in [5.74, 6) is -0.686. The van der Waals surface area contributed by atoms with E-state index in [9.17, 15) is 8.78 Å². The average Bonchev–Trinajstić information content (AvgIpc) is 3.05. The van der Waals surface area contributed by atoms with E-state index in [1.165, 1.54) is 0 Å². The molecule has 110 valence electrons. The summed E-state index contributed by atoms with van der Waals surface area (Å²) in [6, 6.07) is 9.33. The van der Waals surface area contributed by atoms with Gasteiger partial charge in [0, 0.05) is 17.1 Å². The van der Waals surface area contributed by atoms with E-state index in [0.717, 1.165) is 32.3 Å². The lowest BCUT2D eigenvalue weighted by Crippen LogP contribution is -2.10. The lowest BCUT2D eigenvalue weighted by Gasteiger charge is -2.02. The van der Waals surface area contributed by atoms with Crippen LogP contribution in [0.2, 0.25) is 0 Å². The molecule has 0 unspecified atom stereocenters. The van der Waals surface area contributed by atoms with Gasteiger partial charge >= 0.3 is 5.38 Å². The molecular formula is C13H6ClF2N5S. The Balaban J connectivity index is 1.87. The van der Waals surface area contributed by atoms with E-state index in [0.29, 0.717) is 5.01 Å². The van der Waals surface area contributed by atoms with Crippen LogP contribution in [0.25, 0.3) is 26.4 Å². The Labute approximate surface area is 131 Å². The average molecular weight is 338 g/mol. The first kappa shape index (κ1) is 13.5. The van der Waals surface area contributed by atoms with Crippen molar-refractivity contribution in [2.45, 2.75) is 5.38 Å². The van der Waals surface area contributed by atoms with Crippen LogP contribution in [0.5, 0.6) is 0 Å². The Morgan fingerprint density at radius 2 is 2.05 bits per heavy atom. The summed E-state index contributed by atoms with van der Waals surface area (Å²) in [7, 11) is 0. The maximum Gasteiger partial charge on any atom is 0.383 e. The number of aromatic nitrogens is 5. The second kappa shape index (κ2) is 4.65. The summed E-state index contributed by atoms with van der Waals surface area (Å²) in [5.41, 5.74) is 1.64. The number of fused-ring (bicyclic) bond motifs is 2. The van der Waals surface area contributed by atoms with Gasteiger partial charge in [-0.3, -0.25) is 4.98 Å². The molecule has 0 saturated heterocycles. The summed E-state index contributed by atoms with van der Waals surface area (Å²) in [6.07, 6.45) is 1.71. The molecule has 0 N–H and O–H groups in total. The fourth-order valence-electron chi connectivity index (χ4n) is 2.12. The number of hydrogen-bond donors (Lipinski definition) is 0. The third-order valence-corrected chi connectivity index (χ3v) is 4.21. The van der Waals surface area contributed by atoms with Crippen molar-refractivity contribution in [2.24, 2.45) is 0 Å². The van der Waals surface area contributed by atoms with Crippen LogP contribution in [0.1, 0.15) is 5.82 Å². The largest absolute Gasteiger partial charge is 0.383 e. The number of nitrogens with zero attached hydrogens (tertiary/aromatic N) is 5. The number of rotatable bonds is 2.